The van der Waals surface area contributed by atoms with Crippen molar-refractivity contribution in [2.45, 2.75) is 13.2 Å². The molecule has 6 heteroatoms. The van der Waals surface area contributed by atoms with Crippen molar-refractivity contribution < 1.29 is 9.84 Å². The zero-order valence-corrected chi connectivity index (χ0v) is 10.6. The van der Waals surface area contributed by atoms with E-state index in [1.165, 1.54) is 0 Å². The van der Waals surface area contributed by atoms with Crippen molar-refractivity contribution in [3.05, 3.63) is 16.7 Å². The highest BCUT2D eigenvalue weighted by atomic mass is 32.1. The van der Waals surface area contributed by atoms with Crippen LogP contribution in [-0.2, 0) is 17.9 Å². The summed E-state index contributed by atoms with van der Waals surface area (Å²) in [5.41, 5.74) is 0.824. The lowest BCUT2D eigenvalue weighted by atomic mass is 10.4. The number of likely N-dealkylation sites (N-methyl/N-ethyl adjacent to an activating group) is 1. The van der Waals surface area contributed by atoms with E-state index >= 15 is 0 Å². The van der Waals surface area contributed by atoms with Gasteiger partial charge in [-0.3, -0.25) is 0 Å². The van der Waals surface area contributed by atoms with Crippen molar-refractivity contribution in [3.63, 3.8) is 0 Å². The lowest BCUT2D eigenvalue weighted by Gasteiger charge is -2.16. The fourth-order valence-electron chi connectivity index (χ4n) is 1.44. The van der Waals surface area contributed by atoms with Gasteiger partial charge in [0.05, 0.1) is 18.9 Å². The number of methoxy groups -OCH3 is 1. The van der Waals surface area contributed by atoms with Crippen molar-refractivity contribution in [2.75, 3.05) is 33.9 Å². The molecule has 92 valence electrons. The van der Waals surface area contributed by atoms with Gasteiger partial charge in [0.2, 0.25) is 0 Å². The molecule has 0 saturated carbocycles. The maximum Gasteiger partial charge on any atom is 0.177 e. The molecule has 0 atom stereocenters. The average Bonchev–Trinajstić information content (AvgIpc) is 2.64. The van der Waals surface area contributed by atoms with Gasteiger partial charge < -0.3 is 24.3 Å². The lowest BCUT2D eigenvalue weighted by Crippen LogP contribution is -2.27. The number of imidazole rings is 1. The molecule has 0 bridgehead atoms. The van der Waals surface area contributed by atoms with Gasteiger partial charge in [-0.25, -0.2) is 0 Å². The van der Waals surface area contributed by atoms with E-state index in [2.05, 4.69) is 9.88 Å². The van der Waals surface area contributed by atoms with Crippen LogP contribution in [0.25, 0.3) is 0 Å². The first-order chi connectivity index (χ1) is 7.69. The fourth-order valence-corrected chi connectivity index (χ4v) is 1.70. The van der Waals surface area contributed by atoms with Gasteiger partial charge >= 0.3 is 0 Å². The average molecular weight is 245 g/mol. The standard InChI is InChI=1S/C10H19N3O2S/c1-12(5-6-15-2)3-4-13-9(8-14)7-11-10(13)16/h7,14H,3-6,8H2,1-2H3,(H,11,16). The van der Waals surface area contributed by atoms with Crippen LogP contribution in [0.5, 0.6) is 0 Å². The van der Waals surface area contributed by atoms with E-state index < -0.39 is 0 Å². The Labute approximate surface area is 101 Å². The number of aliphatic hydroxyl groups is 1. The highest BCUT2D eigenvalue weighted by Crippen LogP contribution is 2.01. The van der Waals surface area contributed by atoms with Crippen molar-refractivity contribution in [3.8, 4) is 0 Å². The molecule has 0 aliphatic rings. The topological polar surface area (TPSA) is 53.4 Å². The van der Waals surface area contributed by atoms with Gasteiger partial charge in [-0.05, 0) is 19.3 Å². The van der Waals surface area contributed by atoms with Crippen molar-refractivity contribution in [1.82, 2.24) is 14.5 Å². The molecule has 1 heterocycles. The van der Waals surface area contributed by atoms with E-state index in [0.717, 1.165) is 31.9 Å². The van der Waals surface area contributed by atoms with E-state index in [0.29, 0.717) is 4.77 Å². The third-order valence-electron chi connectivity index (χ3n) is 2.50. The Morgan fingerprint density at radius 2 is 2.31 bits per heavy atom. The predicted molar refractivity (Wildman–Crippen MR) is 64.9 cm³/mol. The number of H-pyrrole nitrogens is 1. The predicted octanol–water partition coefficient (Wildman–Crippen LogP) is 0.616. The Morgan fingerprint density at radius 1 is 1.56 bits per heavy atom. The molecule has 0 aliphatic heterocycles. The number of hydrogen-bond acceptors (Lipinski definition) is 4. The van der Waals surface area contributed by atoms with Crippen LogP contribution in [0.4, 0.5) is 0 Å². The van der Waals surface area contributed by atoms with Crippen LogP contribution in [0, 0.1) is 4.77 Å². The van der Waals surface area contributed by atoms with Crippen molar-refractivity contribution in [1.29, 1.82) is 0 Å². The maximum atomic E-state index is 9.12. The molecular weight excluding hydrogens is 226 g/mol. The van der Waals surface area contributed by atoms with E-state index in [-0.39, 0.29) is 6.61 Å². The molecule has 1 rings (SSSR count). The quantitative estimate of drug-likeness (QED) is 0.691. The monoisotopic (exact) mass is 245 g/mol. The number of nitrogens with zero attached hydrogens (tertiary/aromatic N) is 2. The van der Waals surface area contributed by atoms with Crippen LogP contribution in [0.1, 0.15) is 5.69 Å². The molecule has 2 N–H and O–H groups in total. The molecule has 0 radical (unpaired) electrons. The minimum atomic E-state index is 0.00885. The number of rotatable bonds is 7. The molecule has 5 nitrogen and oxygen atoms in total. The zero-order valence-electron chi connectivity index (χ0n) is 9.77. The normalized spacial score (nSPS) is 11.2. The van der Waals surface area contributed by atoms with Crippen LogP contribution in [-0.4, -0.2) is 53.4 Å². The Morgan fingerprint density at radius 3 is 2.94 bits per heavy atom. The zero-order chi connectivity index (χ0) is 12.0. The van der Waals surface area contributed by atoms with Gasteiger partial charge in [0.1, 0.15) is 0 Å². The molecular formula is C10H19N3O2S. The summed E-state index contributed by atoms with van der Waals surface area (Å²) in [6, 6.07) is 0. The summed E-state index contributed by atoms with van der Waals surface area (Å²) in [6.45, 7) is 3.28. The second-order valence-corrected chi connectivity index (χ2v) is 4.08. The first-order valence-corrected chi connectivity index (χ1v) is 5.65. The Hall–Kier alpha value is -0.690. The smallest absolute Gasteiger partial charge is 0.177 e. The van der Waals surface area contributed by atoms with Crippen LogP contribution in [0.2, 0.25) is 0 Å². The first-order valence-electron chi connectivity index (χ1n) is 5.24. The van der Waals surface area contributed by atoms with E-state index in [4.69, 9.17) is 22.1 Å². The van der Waals surface area contributed by atoms with Gasteiger partial charge in [0.15, 0.2) is 4.77 Å². The molecule has 16 heavy (non-hydrogen) atoms. The first kappa shape index (κ1) is 13.4. The molecule has 0 fully saturated rings. The second kappa shape index (κ2) is 6.80. The summed E-state index contributed by atoms with van der Waals surface area (Å²) < 4.78 is 7.57. The van der Waals surface area contributed by atoms with Gasteiger partial charge in [-0.15, -0.1) is 0 Å². The molecule has 0 saturated heterocycles. The molecule has 1 aromatic heterocycles. The van der Waals surface area contributed by atoms with E-state index in [1.807, 2.05) is 11.6 Å². The Balaban J connectivity index is 2.47. The summed E-state index contributed by atoms with van der Waals surface area (Å²) in [5.74, 6) is 0. The summed E-state index contributed by atoms with van der Waals surface area (Å²) in [7, 11) is 3.73. The lowest BCUT2D eigenvalue weighted by molar-refractivity contribution is 0.159. The Kier molecular flexibility index (Phi) is 5.68. The summed E-state index contributed by atoms with van der Waals surface area (Å²) in [6.07, 6.45) is 1.75. The number of aromatic amines is 1. The van der Waals surface area contributed by atoms with Crippen LogP contribution >= 0.6 is 12.2 Å². The van der Waals surface area contributed by atoms with Gasteiger partial charge in [-0.2, -0.15) is 0 Å². The molecule has 1 aromatic rings. The van der Waals surface area contributed by atoms with Crippen LogP contribution < -0.4 is 0 Å². The highest BCUT2D eigenvalue weighted by molar-refractivity contribution is 7.71. The number of hydrogen-bond donors (Lipinski definition) is 2. The van der Waals surface area contributed by atoms with Gasteiger partial charge in [-0.1, -0.05) is 0 Å². The van der Waals surface area contributed by atoms with Crippen LogP contribution in [0.15, 0.2) is 6.20 Å². The third kappa shape index (κ3) is 3.71. The molecule has 0 amide bonds. The van der Waals surface area contributed by atoms with E-state index in [9.17, 15) is 0 Å². The third-order valence-corrected chi connectivity index (χ3v) is 2.84. The summed E-state index contributed by atoms with van der Waals surface area (Å²) >= 11 is 5.13. The van der Waals surface area contributed by atoms with Crippen LogP contribution in [0.3, 0.4) is 0 Å². The molecule has 0 spiro atoms. The minimum Gasteiger partial charge on any atom is -0.390 e. The number of nitrogens with one attached hydrogen (secondary N) is 1. The molecule has 0 aromatic carbocycles. The van der Waals surface area contributed by atoms with E-state index in [1.54, 1.807) is 13.3 Å². The highest BCUT2D eigenvalue weighted by Gasteiger charge is 2.04. The second-order valence-electron chi connectivity index (χ2n) is 3.69. The number of ether oxygens (including phenoxy) is 1. The van der Waals surface area contributed by atoms with Crippen molar-refractivity contribution in [2.24, 2.45) is 0 Å². The maximum absolute atomic E-state index is 9.12. The fraction of sp³-hybridized carbons (Fsp3) is 0.700. The van der Waals surface area contributed by atoms with Gasteiger partial charge in [0.25, 0.3) is 0 Å². The summed E-state index contributed by atoms with van der Waals surface area (Å²) in [5, 5.41) is 9.12. The van der Waals surface area contributed by atoms with Crippen molar-refractivity contribution >= 4 is 12.2 Å². The largest absolute Gasteiger partial charge is 0.390 e. The number of aromatic nitrogens is 2. The summed E-state index contributed by atoms with van der Waals surface area (Å²) in [4.78, 5) is 5.10. The number of aliphatic hydroxyl groups excluding tert-OH is 1. The molecule has 0 unspecified atom stereocenters. The molecule has 0 aliphatic carbocycles. The van der Waals surface area contributed by atoms with Gasteiger partial charge in [0, 0.05) is 32.9 Å². The Bertz CT molecular complexity index is 361. The SMILES string of the molecule is COCCN(C)CCn1c(CO)c[nH]c1=S. The minimum absolute atomic E-state index is 0.00885.